The molecular formula is C29H33N3O6S. The highest BCUT2D eigenvalue weighted by Crippen LogP contribution is 2.27. The molecule has 0 unspecified atom stereocenters. The van der Waals surface area contributed by atoms with Crippen LogP contribution in [0.4, 0.5) is 0 Å². The van der Waals surface area contributed by atoms with E-state index < -0.39 is 22.0 Å². The number of amides is 1. The van der Waals surface area contributed by atoms with Gasteiger partial charge in [-0.25, -0.2) is 18.4 Å². The number of sulfonamides is 1. The van der Waals surface area contributed by atoms with E-state index in [2.05, 4.69) is 16.3 Å². The summed E-state index contributed by atoms with van der Waals surface area (Å²) in [5.41, 5.74) is 5.00. The van der Waals surface area contributed by atoms with Crippen LogP contribution >= 0.6 is 0 Å². The molecular weight excluding hydrogens is 518 g/mol. The minimum atomic E-state index is -3.77. The first kappa shape index (κ1) is 28.4. The maximum absolute atomic E-state index is 13.3. The standard InChI is InChI=1S/C29H33N3O6S/c1-19-15-25(39(30,35)36)11-12-26(19)24-6-4-5-21(16-24)17-32-13-14-38-18-27(32)28(33)31-20(2)22-7-9-23(10-8-22)29(34)37-3/h4-12,15-16,20,27H,13-14,17-18H2,1-3H3,(H,31,33)(H2,30,35,36)/t20-,27+/m0/s1. The lowest BCUT2D eigenvalue weighted by Crippen LogP contribution is -2.53. The number of ether oxygens (including phenoxy) is 2. The highest BCUT2D eigenvalue weighted by Gasteiger charge is 2.30. The number of esters is 1. The van der Waals surface area contributed by atoms with Gasteiger partial charge in [-0.15, -0.1) is 0 Å². The van der Waals surface area contributed by atoms with Gasteiger partial charge in [-0.05, 0) is 72.0 Å². The van der Waals surface area contributed by atoms with E-state index in [1.165, 1.54) is 13.2 Å². The van der Waals surface area contributed by atoms with E-state index in [4.69, 9.17) is 14.6 Å². The minimum absolute atomic E-state index is 0.0794. The molecule has 1 saturated heterocycles. The van der Waals surface area contributed by atoms with Crippen LogP contribution in [-0.2, 0) is 30.8 Å². The molecule has 39 heavy (non-hydrogen) atoms. The Morgan fingerprint density at radius 1 is 1.13 bits per heavy atom. The Balaban J connectivity index is 1.46. The van der Waals surface area contributed by atoms with Crippen LogP contribution in [0.5, 0.6) is 0 Å². The zero-order chi connectivity index (χ0) is 28.2. The number of benzene rings is 3. The number of carbonyl (C=O) groups excluding carboxylic acids is 2. The van der Waals surface area contributed by atoms with Gasteiger partial charge in [0.2, 0.25) is 15.9 Å². The van der Waals surface area contributed by atoms with Crippen LogP contribution in [0.25, 0.3) is 11.1 Å². The first-order chi connectivity index (χ1) is 18.6. The van der Waals surface area contributed by atoms with Crippen LogP contribution in [0.15, 0.2) is 71.6 Å². The van der Waals surface area contributed by atoms with Crippen molar-refractivity contribution in [1.82, 2.24) is 10.2 Å². The topological polar surface area (TPSA) is 128 Å². The SMILES string of the molecule is COC(=O)c1ccc([C@H](C)NC(=O)[C@H]2COCCN2Cc2cccc(-c3ccc(S(N)(=O)=O)cc3C)c2)cc1. The number of primary sulfonamides is 1. The predicted octanol–water partition coefficient (Wildman–Crippen LogP) is 3.17. The number of methoxy groups -OCH3 is 1. The van der Waals surface area contributed by atoms with E-state index in [9.17, 15) is 18.0 Å². The molecule has 0 spiro atoms. The van der Waals surface area contributed by atoms with Crippen LogP contribution in [0, 0.1) is 6.92 Å². The first-order valence-corrected chi connectivity index (χ1v) is 14.1. The van der Waals surface area contributed by atoms with Crippen molar-refractivity contribution in [2.45, 2.75) is 37.4 Å². The molecule has 0 aliphatic carbocycles. The van der Waals surface area contributed by atoms with Crippen LogP contribution in [0.3, 0.4) is 0 Å². The first-order valence-electron chi connectivity index (χ1n) is 12.6. The Labute approximate surface area is 229 Å². The van der Waals surface area contributed by atoms with Crippen molar-refractivity contribution in [1.29, 1.82) is 0 Å². The second-order valence-corrected chi connectivity index (χ2v) is 11.2. The van der Waals surface area contributed by atoms with Crippen molar-refractivity contribution < 1.29 is 27.5 Å². The number of aryl methyl sites for hydroxylation is 1. The second-order valence-electron chi connectivity index (χ2n) is 9.63. The van der Waals surface area contributed by atoms with Crippen LogP contribution in [0.2, 0.25) is 0 Å². The maximum Gasteiger partial charge on any atom is 0.337 e. The second kappa shape index (κ2) is 12.1. The van der Waals surface area contributed by atoms with E-state index in [1.54, 1.807) is 36.4 Å². The summed E-state index contributed by atoms with van der Waals surface area (Å²) in [6, 6.07) is 19.1. The molecule has 4 rings (SSSR count). The molecule has 1 amide bonds. The van der Waals surface area contributed by atoms with Gasteiger partial charge in [-0.1, -0.05) is 36.4 Å². The molecule has 1 heterocycles. The minimum Gasteiger partial charge on any atom is -0.465 e. The van der Waals surface area contributed by atoms with Crippen LogP contribution < -0.4 is 10.5 Å². The Morgan fingerprint density at radius 3 is 2.54 bits per heavy atom. The molecule has 9 nitrogen and oxygen atoms in total. The summed E-state index contributed by atoms with van der Waals surface area (Å²) >= 11 is 0. The van der Waals surface area contributed by atoms with Crippen LogP contribution in [-0.4, -0.2) is 58.1 Å². The molecule has 2 atom stereocenters. The van der Waals surface area contributed by atoms with E-state index in [0.29, 0.717) is 25.3 Å². The van der Waals surface area contributed by atoms with E-state index >= 15 is 0 Å². The monoisotopic (exact) mass is 551 g/mol. The van der Waals surface area contributed by atoms with Gasteiger partial charge < -0.3 is 14.8 Å². The maximum atomic E-state index is 13.3. The smallest absolute Gasteiger partial charge is 0.337 e. The van der Waals surface area contributed by atoms with Gasteiger partial charge in [0.05, 0.1) is 36.8 Å². The summed E-state index contributed by atoms with van der Waals surface area (Å²) in [5, 5.41) is 8.34. The Hall–Kier alpha value is -3.57. The third-order valence-corrected chi connectivity index (χ3v) is 7.79. The van der Waals surface area contributed by atoms with Crippen molar-refractivity contribution in [2.24, 2.45) is 5.14 Å². The molecule has 0 aromatic heterocycles. The average Bonchev–Trinajstić information content (AvgIpc) is 2.92. The molecule has 1 aliphatic rings. The third kappa shape index (κ3) is 6.90. The molecule has 3 aromatic carbocycles. The van der Waals surface area contributed by atoms with E-state index in [1.807, 2.05) is 32.0 Å². The zero-order valence-corrected chi connectivity index (χ0v) is 23.0. The molecule has 0 radical (unpaired) electrons. The molecule has 0 bridgehead atoms. The number of hydrogen-bond acceptors (Lipinski definition) is 7. The Morgan fingerprint density at radius 2 is 1.87 bits per heavy atom. The molecule has 10 heteroatoms. The van der Waals surface area contributed by atoms with Gasteiger partial charge in [0.15, 0.2) is 0 Å². The number of nitrogens with two attached hydrogens (primary N) is 1. The third-order valence-electron chi connectivity index (χ3n) is 6.88. The summed E-state index contributed by atoms with van der Waals surface area (Å²) in [6.45, 7) is 5.71. The molecule has 206 valence electrons. The summed E-state index contributed by atoms with van der Waals surface area (Å²) in [5.74, 6) is -0.544. The van der Waals surface area contributed by atoms with Gasteiger partial charge in [0, 0.05) is 13.1 Å². The number of morpholine rings is 1. The summed E-state index contributed by atoms with van der Waals surface area (Å²) < 4.78 is 33.8. The van der Waals surface area contributed by atoms with Gasteiger partial charge in [-0.3, -0.25) is 9.69 Å². The zero-order valence-electron chi connectivity index (χ0n) is 22.2. The number of hydrogen-bond donors (Lipinski definition) is 2. The predicted molar refractivity (Wildman–Crippen MR) is 147 cm³/mol. The van der Waals surface area contributed by atoms with Crippen LogP contribution in [0.1, 0.15) is 40.0 Å². The average molecular weight is 552 g/mol. The number of nitrogens with zero attached hydrogens (tertiary/aromatic N) is 1. The Bertz CT molecular complexity index is 1460. The molecule has 1 fully saturated rings. The van der Waals surface area contributed by atoms with Crippen molar-refractivity contribution in [3.8, 4) is 11.1 Å². The molecule has 3 N–H and O–H groups in total. The van der Waals surface area contributed by atoms with Gasteiger partial charge in [0.25, 0.3) is 0 Å². The summed E-state index contributed by atoms with van der Waals surface area (Å²) in [6.07, 6.45) is 0. The highest BCUT2D eigenvalue weighted by molar-refractivity contribution is 7.89. The molecule has 0 saturated carbocycles. The largest absolute Gasteiger partial charge is 0.465 e. The summed E-state index contributed by atoms with van der Waals surface area (Å²) in [4.78, 5) is 27.2. The lowest BCUT2D eigenvalue weighted by Gasteiger charge is -2.35. The molecule has 1 aliphatic heterocycles. The Kier molecular flexibility index (Phi) is 8.81. The fraction of sp³-hybridized carbons (Fsp3) is 0.310. The van der Waals surface area contributed by atoms with Crippen molar-refractivity contribution in [3.05, 3.63) is 89.0 Å². The van der Waals surface area contributed by atoms with Gasteiger partial charge in [-0.2, -0.15) is 0 Å². The van der Waals surface area contributed by atoms with Crippen molar-refractivity contribution >= 4 is 21.9 Å². The van der Waals surface area contributed by atoms with Gasteiger partial charge >= 0.3 is 5.97 Å². The lowest BCUT2D eigenvalue weighted by atomic mass is 9.98. The lowest BCUT2D eigenvalue weighted by molar-refractivity contribution is -0.133. The summed E-state index contributed by atoms with van der Waals surface area (Å²) in [7, 11) is -2.44. The van der Waals surface area contributed by atoms with Gasteiger partial charge in [0.1, 0.15) is 6.04 Å². The number of nitrogens with one attached hydrogen (secondary N) is 1. The van der Waals surface area contributed by atoms with E-state index in [-0.39, 0.29) is 23.5 Å². The van der Waals surface area contributed by atoms with E-state index in [0.717, 1.165) is 27.8 Å². The molecule has 3 aromatic rings. The normalized spacial score (nSPS) is 16.9. The fourth-order valence-electron chi connectivity index (χ4n) is 4.70. The quantitative estimate of drug-likeness (QED) is 0.412. The number of carbonyl (C=O) groups is 2. The highest BCUT2D eigenvalue weighted by atomic mass is 32.2. The van der Waals surface area contributed by atoms with Crippen molar-refractivity contribution in [2.75, 3.05) is 26.9 Å². The number of rotatable bonds is 8. The fourth-order valence-corrected chi connectivity index (χ4v) is 5.29. The van der Waals surface area contributed by atoms with Crippen molar-refractivity contribution in [3.63, 3.8) is 0 Å².